The fourth-order valence-corrected chi connectivity index (χ4v) is 3.57. The molecule has 0 aliphatic heterocycles. The predicted octanol–water partition coefficient (Wildman–Crippen LogP) is 3.16. The van der Waals surface area contributed by atoms with Crippen molar-refractivity contribution in [1.82, 2.24) is 10.0 Å². The smallest absolute Gasteiger partial charge is 0.251 e. The lowest BCUT2D eigenvalue weighted by Gasteiger charge is -2.13. The van der Waals surface area contributed by atoms with Gasteiger partial charge in [-0.1, -0.05) is 6.92 Å². The van der Waals surface area contributed by atoms with E-state index in [1.807, 2.05) is 32.9 Å². The van der Waals surface area contributed by atoms with E-state index in [0.29, 0.717) is 17.7 Å². The van der Waals surface area contributed by atoms with Crippen LogP contribution in [0, 0.1) is 6.92 Å². The minimum atomic E-state index is -3.57. The molecule has 2 aromatic rings. The van der Waals surface area contributed by atoms with Crippen LogP contribution in [0.5, 0.6) is 0 Å². The normalized spacial score (nSPS) is 14.1. The molecule has 7 heteroatoms. The van der Waals surface area contributed by atoms with Gasteiger partial charge in [0.05, 0.1) is 10.9 Å². The maximum atomic E-state index is 12.3. The van der Waals surface area contributed by atoms with Crippen LogP contribution in [0.3, 0.4) is 0 Å². The van der Waals surface area contributed by atoms with Gasteiger partial charge in [0.25, 0.3) is 5.91 Å². The number of hydrogen-bond acceptors (Lipinski definition) is 4. The Bertz CT molecular complexity index is 825. The Balaban J connectivity index is 2.07. The van der Waals surface area contributed by atoms with Crippen LogP contribution in [0.4, 0.5) is 0 Å². The fraction of sp³-hybridized carbons (Fsp3) is 0.389. The highest BCUT2D eigenvalue weighted by Gasteiger charge is 2.18. The lowest BCUT2D eigenvalue weighted by Crippen LogP contribution is -2.32. The molecule has 0 saturated heterocycles. The predicted molar refractivity (Wildman–Crippen MR) is 95.8 cm³/mol. The molecule has 2 N–H and O–H groups in total. The molecular weight excluding hydrogens is 340 g/mol. The van der Waals surface area contributed by atoms with Gasteiger partial charge in [0.15, 0.2) is 0 Å². The Kier molecular flexibility index (Phi) is 6.02. The fourth-order valence-electron chi connectivity index (χ4n) is 2.24. The van der Waals surface area contributed by atoms with Gasteiger partial charge in [-0.3, -0.25) is 4.79 Å². The second-order valence-electron chi connectivity index (χ2n) is 6.10. The number of sulfonamides is 1. The first kappa shape index (κ1) is 19.2. The van der Waals surface area contributed by atoms with Crippen molar-refractivity contribution in [3.8, 4) is 0 Å². The summed E-state index contributed by atoms with van der Waals surface area (Å²) in [6.07, 6.45) is 0.698. The second kappa shape index (κ2) is 7.84. The van der Waals surface area contributed by atoms with Gasteiger partial charge in [0.1, 0.15) is 11.5 Å². The van der Waals surface area contributed by atoms with Crippen molar-refractivity contribution in [3.05, 3.63) is 53.5 Å². The molecule has 136 valence electrons. The summed E-state index contributed by atoms with van der Waals surface area (Å²) in [4.78, 5) is 12.4. The highest BCUT2D eigenvalue weighted by Crippen LogP contribution is 2.17. The summed E-state index contributed by atoms with van der Waals surface area (Å²) >= 11 is 0. The van der Waals surface area contributed by atoms with Crippen LogP contribution in [0.2, 0.25) is 0 Å². The first-order chi connectivity index (χ1) is 11.7. The molecule has 2 atom stereocenters. The summed E-state index contributed by atoms with van der Waals surface area (Å²) in [5, 5.41) is 2.83. The summed E-state index contributed by atoms with van der Waals surface area (Å²) in [5.74, 6) is 1.16. The molecule has 0 fully saturated rings. The zero-order valence-corrected chi connectivity index (χ0v) is 15.7. The largest absolute Gasteiger partial charge is 0.464 e. The van der Waals surface area contributed by atoms with E-state index >= 15 is 0 Å². The van der Waals surface area contributed by atoms with E-state index in [2.05, 4.69) is 10.0 Å². The molecule has 0 bridgehead atoms. The minimum Gasteiger partial charge on any atom is -0.464 e. The van der Waals surface area contributed by atoms with E-state index in [-0.39, 0.29) is 22.9 Å². The quantitative estimate of drug-likeness (QED) is 0.790. The number of aryl methyl sites for hydroxylation is 1. The molecular formula is C18H24N2O4S. The SMILES string of the molecule is CCC(C)NS(=O)(=O)c1ccc(C(=O)NC(C)c2ccc(C)o2)cc1. The lowest BCUT2D eigenvalue weighted by molar-refractivity contribution is 0.0935. The van der Waals surface area contributed by atoms with Gasteiger partial charge < -0.3 is 9.73 Å². The van der Waals surface area contributed by atoms with E-state index in [9.17, 15) is 13.2 Å². The number of hydrogen-bond donors (Lipinski definition) is 2. The van der Waals surface area contributed by atoms with Crippen molar-refractivity contribution in [2.75, 3.05) is 0 Å². The summed E-state index contributed by atoms with van der Waals surface area (Å²) < 4.78 is 32.5. The molecule has 1 amide bonds. The van der Waals surface area contributed by atoms with Crippen molar-refractivity contribution in [2.45, 2.75) is 51.1 Å². The van der Waals surface area contributed by atoms with Gasteiger partial charge >= 0.3 is 0 Å². The maximum absolute atomic E-state index is 12.3. The Hall–Kier alpha value is -2.12. The van der Waals surface area contributed by atoms with Crippen LogP contribution in [-0.4, -0.2) is 20.4 Å². The maximum Gasteiger partial charge on any atom is 0.251 e. The first-order valence-corrected chi connectivity index (χ1v) is 9.71. The highest BCUT2D eigenvalue weighted by molar-refractivity contribution is 7.89. The van der Waals surface area contributed by atoms with Crippen LogP contribution < -0.4 is 10.0 Å². The van der Waals surface area contributed by atoms with E-state index in [1.165, 1.54) is 24.3 Å². The molecule has 0 aliphatic rings. The molecule has 0 radical (unpaired) electrons. The topological polar surface area (TPSA) is 88.4 Å². The molecule has 1 aromatic heterocycles. The van der Waals surface area contributed by atoms with E-state index in [0.717, 1.165) is 5.76 Å². The molecule has 1 heterocycles. The Morgan fingerprint density at radius 1 is 1.12 bits per heavy atom. The third-order valence-corrected chi connectivity index (χ3v) is 5.54. The number of carbonyl (C=O) groups excluding carboxylic acids is 1. The molecule has 25 heavy (non-hydrogen) atoms. The van der Waals surface area contributed by atoms with Crippen molar-refractivity contribution >= 4 is 15.9 Å². The van der Waals surface area contributed by atoms with Gasteiger partial charge in [-0.2, -0.15) is 0 Å². The van der Waals surface area contributed by atoms with Gasteiger partial charge in [0.2, 0.25) is 10.0 Å². The van der Waals surface area contributed by atoms with Gasteiger partial charge in [-0.05, 0) is 63.6 Å². The van der Waals surface area contributed by atoms with E-state index < -0.39 is 10.0 Å². The van der Waals surface area contributed by atoms with E-state index in [4.69, 9.17) is 4.42 Å². The standard InChI is InChI=1S/C18H24N2O4S/c1-5-12(2)20-25(22,23)16-9-7-15(8-10-16)18(21)19-14(4)17-11-6-13(3)24-17/h6-12,14,20H,5H2,1-4H3,(H,19,21). The van der Waals surface area contributed by atoms with Crippen molar-refractivity contribution in [3.63, 3.8) is 0 Å². The molecule has 2 unspecified atom stereocenters. The summed E-state index contributed by atoms with van der Waals surface area (Å²) in [7, 11) is -3.57. The molecule has 1 aromatic carbocycles. The Labute approximate surface area is 148 Å². The molecule has 6 nitrogen and oxygen atoms in total. The monoisotopic (exact) mass is 364 g/mol. The van der Waals surface area contributed by atoms with Crippen molar-refractivity contribution in [1.29, 1.82) is 0 Å². The Morgan fingerprint density at radius 2 is 1.76 bits per heavy atom. The molecule has 0 saturated carbocycles. The van der Waals surface area contributed by atoms with Crippen LogP contribution in [0.1, 0.15) is 55.1 Å². The van der Waals surface area contributed by atoms with Crippen LogP contribution in [-0.2, 0) is 10.0 Å². The summed E-state index contributed by atoms with van der Waals surface area (Å²) in [6, 6.07) is 9.09. The summed E-state index contributed by atoms with van der Waals surface area (Å²) in [5.41, 5.74) is 0.387. The zero-order valence-electron chi connectivity index (χ0n) is 14.9. The summed E-state index contributed by atoms with van der Waals surface area (Å²) in [6.45, 7) is 7.37. The number of amides is 1. The number of benzene rings is 1. The Morgan fingerprint density at radius 3 is 2.28 bits per heavy atom. The number of carbonyl (C=O) groups is 1. The zero-order chi connectivity index (χ0) is 18.6. The molecule has 0 aliphatic carbocycles. The third-order valence-electron chi connectivity index (χ3n) is 3.93. The highest BCUT2D eigenvalue weighted by atomic mass is 32.2. The average molecular weight is 364 g/mol. The van der Waals surface area contributed by atoms with Gasteiger partial charge in [-0.15, -0.1) is 0 Å². The second-order valence-corrected chi connectivity index (χ2v) is 7.81. The van der Waals surface area contributed by atoms with E-state index in [1.54, 1.807) is 6.92 Å². The van der Waals surface area contributed by atoms with Crippen molar-refractivity contribution < 1.29 is 17.6 Å². The minimum absolute atomic E-state index is 0.138. The van der Waals surface area contributed by atoms with Gasteiger partial charge in [-0.25, -0.2) is 13.1 Å². The van der Waals surface area contributed by atoms with Crippen LogP contribution in [0.15, 0.2) is 45.7 Å². The first-order valence-electron chi connectivity index (χ1n) is 8.22. The number of rotatable bonds is 7. The number of furan rings is 1. The van der Waals surface area contributed by atoms with Crippen LogP contribution >= 0.6 is 0 Å². The average Bonchev–Trinajstić information content (AvgIpc) is 3.01. The molecule has 2 rings (SSSR count). The van der Waals surface area contributed by atoms with Crippen LogP contribution in [0.25, 0.3) is 0 Å². The third kappa shape index (κ3) is 4.93. The van der Waals surface area contributed by atoms with Crippen molar-refractivity contribution in [2.24, 2.45) is 0 Å². The molecule has 0 spiro atoms. The number of nitrogens with one attached hydrogen (secondary N) is 2. The van der Waals surface area contributed by atoms with Gasteiger partial charge in [0, 0.05) is 11.6 Å². The lowest BCUT2D eigenvalue weighted by atomic mass is 10.2.